The van der Waals surface area contributed by atoms with Crippen LogP contribution in [0.5, 0.6) is 11.5 Å². The van der Waals surface area contributed by atoms with Crippen molar-refractivity contribution >= 4 is 28.6 Å². The lowest BCUT2D eigenvalue weighted by molar-refractivity contribution is -0.143. The van der Waals surface area contributed by atoms with Crippen LogP contribution in [-0.2, 0) is 11.3 Å². The third-order valence-electron chi connectivity index (χ3n) is 2.45. The number of rotatable bonds is 4. The molecule has 0 atom stereocenters. The summed E-state index contributed by atoms with van der Waals surface area (Å²) in [6, 6.07) is 3.41. The minimum Gasteiger partial charge on any atom is -0.493 e. The van der Waals surface area contributed by atoms with Crippen molar-refractivity contribution in [2.75, 3.05) is 7.11 Å². The molecule has 108 valence electrons. The Morgan fingerprint density at radius 3 is 2.55 bits per heavy atom. The lowest BCUT2D eigenvalue weighted by Gasteiger charge is -2.18. The minimum atomic E-state index is -0.597. The van der Waals surface area contributed by atoms with Crippen LogP contribution < -0.4 is 9.47 Å². The molecule has 6 nitrogen and oxygen atoms in total. The SMILES string of the molecule is COc1cc(CN=[N+]=[N-])c(I)cc1OC(=O)C(C)(C)C. The van der Waals surface area contributed by atoms with Gasteiger partial charge >= 0.3 is 5.97 Å². The third kappa shape index (κ3) is 4.28. The molecule has 20 heavy (non-hydrogen) atoms. The number of methoxy groups -OCH3 is 1. The highest BCUT2D eigenvalue weighted by Gasteiger charge is 2.25. The molecule has 0 aromatic heterocycles. The Balaban J connectivity index is 3.12. The highest BCUT2D eigenvalue weighted by atomic mass is 127. The molecule has 0 radical (unpaired) electrons. The number of esters is 1. The lowest BCUT2D eigenvalue weighted by atomic mass is 9.97. The van der Waals surface area contributed by atoms with Crippen molar-refractivity contribution in [1.82, 2.24) is 0 Å². The molecule has 0 aliphatic heterocycles. The number of hydrogen-bond donors (Lipinski definition) is 0. The number of carbonyl (C=O) groups is 1. The predicted molar refractivity (Wildman–Crippen MR) is 83.7 cm³/mol. The van der Waals surface area contributed by atoms with Gasteiger partial charge in [-0.05, 0) is 66.6 Å². The number of ether oxygens (including phenoxy) is 2. The van der Waals surface area contributed by atoms with Gasteiger partial charge < -0.3 is 9.47 Å². The van der Waals surface area contributed by atoms with Gasteiger partial charge in [-0.2, -0.15) is 0 Å². The Hall–Kier alpha value is -1.47. The molecule has 0 bridgehead atoms. The van der Waals surface area contributed by atoms with Crippen molar-refractivity contribution in [3.8, 4) is 11.5 Å². The number of hydrogen-bond acceptors (Lipinski definition) is 4. The van der Waals surface area contributed by atoms with Gasteiger partial charge in [-0.1, -0.05) is 5.11 Å². The zero-order valence-electron chi connectivity index (χ0n) is 11.8. The van der Waals surface area contributed by atoms with Crippen molar-refractivity contribution in [2.24, 2.45) is 10.5 Å². The molecule has 0 spiro atoms. The van der Waals surface area contributed by atoms with E-state index in [9.17, 15) is 4.79 Å². The van der Waals surface area contributed by atoms with Gasteiger partial charge in [-0.15, -0.1) is 0 Å². The van der Waals surface area contributed by atoms with Crippen LogP contribution in [0, 0.1) is 8.99 Å². The van der Waals surface area contributed by atoms with E-state index in [1.165, 1.54) is 7.11 Å². The molecule has 0 aliphatic rings. The Morgan fingerprint density at radius 1 is 1.40 bits per heavy atom. The first-order chi connectivity index (χ1) is 9.29. The topological polar surface area (TPSA) is 84.3 Å². The van der Waals surface area contributed by atoms with Crippen LogP contribution in [0.25, 0.3) is 10.4 Å². The highest BCUT2D eigenvalue weighted by molar-refractivity contribution is 14.1. The molecule has 0 saturated carbocycles. The van der Waals surface area contributed by atoms with Crippen LogP contribution in [0.3, 0.4) is 0 Å². The molecule has 0 N–H and O–H groups in total. The molecular formula is C13H16IN3O3. The fourth-order valence-corrected chi connectivity index (χ4v) is 1.91. The summed E-state index contributed by atoms with van der Waals surface area (Å²) in [5, 5.41) is 3.52. The standard InChI is InChI=1S/C13H16IN3O3/c1-13(2,3)12(18)20-11-6-9(14)8(7-16-17-15)5-10(11)19-4/h5-6H,7H2,1-4H3. The molecule has 0 amide bonds. The molecule has 0 fully saturated rings. The zero-order chi connectivity index (χ0) is 15.3. The number of halogens is 1. The van der Waals surface area contributed by atoms with E-state index in [1.807, 2.05) is 0 Å². The van der Waals surface area contributed by atoms with Gasteiger partial charge in [0.15, 0.2) is 11.5 Å². The second-order valence-corrected chi connectivity index (χ2v) is 6.29. The van der Waals surface area contributed by atoms with Gasteiger partial charge in [0.1, 0.15) is 0 Å². The molecular weight excluding hydrogens is 373 g/mol. The summed E-state index contributed by atoms with van der Waals surface area (Å²) in [7, 11) is 1.49. The van der Waals surface area contributed by atoms with E-state index in [0.717, 1.165) is 9.13 Å². The van der Waals surface area contributed by atoms with Crippen LogP contribution >= 0.6 is 22.6 Å². The summed E-state index contributed by atoms with van der Waals surface area (Å²) in [6.07, 6.45) is 0. The average Bonchev–Trinajstić information content (AvgIpc) is 2.36. The van der Waals surface area contributed by atoms with Crippen molar-refractivity contribution in [1.29, 1.82) is 0 Å². The van der Waals surface area contributed by atoms with Gasteiger partial charge in [0.05, 0.1) is 19.1 Å². The summed E-state index contributed by atoms with van der Waals surface area (Å²) in [5.74, 6) is 0.460. The van der Waals surface area contributed by atoms with Crippen LogP contribution in [0.4, 0.5) is 0 Å². The largest absolute Gasteiger partial charge is 0.493 e. The second-order valence-electron chi connectivity index (χ2n) is 5.12. The summed E-state index contributed by atoms with van der Waals surface area (Å²) >= 11 is 2.10. The predicted octanol–water partition coefficient (Wildman–Crippen LogP) is 4.06. The van der Waals surface area contributed by atoms with E-state index in [0.29, 0.717) is 11.5 Å². The quantitative estimate of drug-likeness (QED) is 0.194. The van der Waals surface area contributed by atoms with E-state index in [4.69, 9.17) is 15.0 Å². The van der Waals surface area contributed by atoms with E-state index >= 15 is 0 Å². The normalized spacial score (nSPS) is 10.7. The average molecular weight is 389 g/mol. The number of carbonyl (C=O) groups excluding carboxylic acids is 1. The van der Waals surface area contributed by atoms with Crippen LogP contribution in [-0.4, -0.2) is 13.1 Å². The molecule has 0 unspecified atom stereocenters. The Morgan fingerprint density at radius 2 is 2.05 bits per heavy atom. The highest BCUT2D eigenvalue weighted by Crippen LogP contribution is 2.33. The Labute approximate surface area is 131 Å². The van der Waals surface area contributed by atoms with Crippen molar-refractivity contribution in [3.05, 3.63) is 31.7 Å². The smallest absolute Gasteiger partial charge is 0.316 e. The number of nitrogens with zero attached hydrogens (tertiary/aromatic N) is 3. The van der Waals surface area contributed by atoms with Gasteiger partial charge in [0.2, 0.25) is 0 Å². The van der Waals surface area contributed by atoms with Crippen molar-refractivity contribution in [2.45, 2.75) is 27.3 Å². The maximum absolute atomic E-state index is 11.9. The Bertz CT molecular complexity index is 561. The number of azide groups is 1. The molecule has 1 aromatic rings. The van der Waals surface area contributed by atoms with Gasteiger partial charge in [-0.3, -0.25) is 4.79 Å². The molecule has 1 rings (SSSR count). The summed E-state index contributed by atoms with van der Waals surface area (Å²) < 4.78 is 11.4. The monoisotopic (exact) mass is 389 g/mol. The van der Waals surface area contributed by atoms with Crippen molar-refractivity contribution < 1.29 is 14.3 Å². The van der Waals surface area contributed by atoms with E-state index < -0.39 is 5.41 Å². The van der Waals surface area contributed by atoms with Crippen LogP contribution in [0.1, 0.15) is 26.3 Å². The lowest BCUT2D eigenvalue weighted by Crippen LogP contribution is -2.25. The molecule has 0 saturated heterocycles. The fraction of sp³-hybridized carbons (Fsp3) is 0.462. The van der Waals surface area contributed by atoms with Crippen LogP contribution in [0.2, 0.25) is 0 Å². The fourth-order valence-electron chi connectivity index (χ4n) is 1.30. The first-order valence-electron chi connectivity index (χ1n) is 5.89. The summed E-state index contributed by atoms with van der Waals surface area (Å²) in [4.78, 5) is 14.6. The Kier molecular flexibility index (Phi) is 5.64. The first-order valence-corrected chi connectivity index (χ1v) is 6.97. The molecule has 0 aliphatic carbocycles. The molecule has 1 aromatic carbocycles. The molecule has 0 heterocycles. The summed E-state index contributed by atoms with van der Waals surface area (Å²) in [5.41, 5.74) is 8.58. The minimum absolute atomic E-state index is 0.221. The van der Waals surface area contributed by atoms with Gasteiger partial charge in [0.25, 0.3) is 0 Å². The first kappa shape index (κ1) is 16.6. The van der Waals surface area contributed by atoms with Gasteiger partial charge in [-0.25, -0.2) is 0 Å². The van der Waals surface area contributed by atoms with Gasteiger partial charge in [0, 0.05) is 8.48 Å². The van der Waals surface area contributed by atoms with E-state index in [-0.39, 0.29) is 12.5 Å². The molecule has 7 heteroatoms. The zero-order valence-corrected chi connectivity index (χ0v) is 14.0. The maximum Gasteiger partial charge on any atom is 0.316 e. The van der Waals surface area contributed by atoms with Crippen molar-refractivity contribution in [3.63, 3.8) is 0 Å². The van der Waals surface area contributed by atoms with E-state index in [2.05, 4.69) is 32.6 Å². The second kappa shape index (κ2) is 6.81. The maximum atomic E-state index is 11.9. The van der Waals surface area contributed by atoms with E-state index in [1.54, 1.807) is 32.9 Å². The summed E-state index contributed by atoms with van der Waals surface area (Å²) in [6.45, 7) is 5.56. The van der Waals surface area contributed by atoms with Crippen LogP contribution in [0.15, 0.2) is 17.2 Å². The third-order valence-corrected chi connectivity index (χ3v) is 3.46. The number of benzene rings is 1.